The fourth-order valence-corrected chi connectivity index (χ4v) is 1.88. The van der Waals surface area contributed by atoms with Crippen molar-refractivity contribution in [3.8, 4) is 0 Å². The van der Waals surface area contributed by atoms with Gasteiger partial charge in [-0.15, -0.1) is 0 Å². The first-order valence-electron chi connectivity index (χ1n) is 6.12. The lowest BCUT2D eigenvalue weighted by atomic mass is 10.1. The van der Waals surface area contributed by atoms with E-state index in [0.717, 1.165) is 30.6 Å². The van der Waals surface area contributed by atoms with Gasteiger partial charge in [-0.25, -0.2) is 4.79 Å². The van der Waals surface area contributed by atoms with Crippen LogP contribution in [0.25, 0.3) is 5.70 Å². The molecule has 3 heteroatoms. The van der Waals surface area contributed by atoms with Crippen LogP contribution >= 0.6 is 0 Å². The second-order valence-electron chi connectivity index (χ2n) is 4.21. The van der Waals surface area contributed by atoms with Crippen molar-refractivity contribution in [1.29, 1.82) is 0 Å². The predicted molar refractivity (Wildman–Crippen MR) is 69.4 cm³/mol. The zero-order chi connectivity index (χ0) is 12.1. The van der Waals surface area contributed by atoms with Gasteiger partial charge in [0.2, 0.25) is 0 Å². The Hall–Kier alpha value is -1.77. The highest BCUT2D eigenvalue weighted by Gasteiger charge is 2.18. The molecule has 3 nitrogen and oxygen atoms in total. The second-order valence-corrected chi connectivity index (χ2v) is 4.21. The van der Waals surface area contributed by atoms with Gasteiger partial charge in [-0.1, -0.05) is 43.7 Å². The topological polar surface area (TPSA) is 32.3 Å². The summed E-state index contributed by atoms with van der Waals surface area (Å²) in [4.78, 5) is 13.7. The van der Waals surface area contributed by atoms with Crippen molar-refractivity contribution in [3.05, 3.63) is 42.0 Å². The van der Waals surface area contributed by atoms with E-state index >= 15 is 0 Å². The lowest BCUT2D eigenvalue weighted by molar-refractivity contribution is 0.204. The lowest BCUT2D eigenvalue weighted by Gasteiger charge is -2.27. The van der Waals surface area contributed by atoms with Crippen LogP contribution in [0, 0.1) is 0 Å². The predicted octanol–water partition coefficient (Wildman–Crippen LogP) is 2.85. The van der Waals surface area contributed by atoms with Crippen LogP contribution in [0.2, 0.25) is 0 Å². The summed E-state index contributed by atoms with van der Waals surface area (Å²) in [6.07, 6.45) is 4.24. The molecule has 0 saturated carbocycles. The van der Waals surface area contributed by atoms with E-state index < -0.39 is 0 Å². The number of carbonyl (C=O) groups excluding carboxylic acids is 1. The highest BCUT2D eigenvalue weighted by molar-refractivity contribution is 5.87. The van der Waals surface area contributed by atoms with Crippen molar-refractivity contribution in [2.24, 2.45) is 0 Å². The van der Waals surface area contributed by atoms with Gasteiger partial charge in [-0.3, -0.25) is 0 Å². The number of urea groups is 1. The molecular weight excluding hydrogens is 212 g/mol. The number of hydrogen-bond donors (Lipinski definition) is 1. The molecule has 0 unspecified atom stereocenters. The van der Waals surface area contributed by atoms with Crippen LogP contribution in [0.4, 0.5) is 4.79 Å². The fourth-order valence-electron chi connectivity index (χ4n) is 1.88. The Morgan fingerprint density at radius 3 is 2.71 bits per heavy atom. The van der Waals surface area contributed by atoms with E-state index in [4.69, 9.17) is 0 Å². The minimum absolute atomic E-state index is 0.0137. The van der Waals surface area contributed by atoms with Gasteiger partial charge in [0.05, 0.1) is 0 Å². The molecule has 0 atom stereocenters. The molecule has 0 aliphatic carbocycles. The van der Waals surface area contributed by atoms with Crippen LogP contribution in [0.1, 0.15) is 25.3 Å². The fraction of sp³-hybridized carbons (Fsp3) is 0.357. The van der Waals surface area contributed by atoms with Crippen LogP contribution < -0.4 is 5.32 Å². The Morgan fingerprint density at radius 2 is 2.06 bits per heavy atom. The molecule has 1 N–H and O–H groups in total. The van der Waals surface area contributed by atoms with Crippen molar-refractivity contribution in [1.82, 2.24) is 10.2 Å². The minimum atomic E-state index is 0.0137. The van der Waals surface area contributed by atoms with Crippen LogP contribution in [0.5, 0.6) is 0 Å². The molecular formula is C14H18N2O. The molecule has 0 spiro atoms. The van der Waals surface area contributed by atoms with Gasteiger partial charge in [-0.05, 0) is 18.1 Å². The third kappa shape index (κ3) is 2.87. The molecule has 0 saturated heterocycles. The minimum Gasteiger partial charge on any atom is -0.321 e. The van der Waals surface area contributed by atoms with Gasteiger partial charge in [0, 0.05) is 18.8 Å². The first-order valence-corrected chi connectivity index (χ1v) is 6.12. The molecule has 0 fully saturated rings. The van der Waals surface area contributed by atoms with Crippen LogP contribution in [-0.2, 0) is 0 Å². The maximum Gasteiger partial charge on any atom is 0.322 e. The number of unbranched alkanes of at least 4 members (excludes halogenated alkanes) is 1. The Labute approximate surface area is 102 Å². The van der Waals surface area contributed by atoms with Crippen LogP contribution in [0.15, 0.2) is 36.4 Å². The summed E-state index contributed by atoms with van der Waals surface area (Å²) in [5.41, 5.74) is 1.99. The number of hydrogen-bond acceptors (Lipinski definition) is 1. The monoisotopic (exact) mass is 230 g/mol. The first kappa shape index (κ1) is 11.7. The summed E-state index contributed by atoms with van der Waals surface area (Å²) in [6.45, 7) is 3.67. The molecule has 17 heavy (non-hydrogen) atoms. The Bertz CT molecular complexity index is 411. The number of carbonyl (C=O) groups is 1. The summed E-state index contributed by atoms with van der Waals surface area (Å²) in [5.74, 6) is 0. The van der Waals surface area contributed by atoms with Crippen molar-refractivity contribution in [2.45, 2.75) is 19.8 Å². The number of benzene rings is 1. The third-order valence-electron chi connectivity index (χ3n) is 2.91. The van der Waals surface area contributed by atoms with Crippen molar-refractivity contribution in [3.63, 3.8) is 0 Å². The average molecular weight is 230 g/mol. The first-order chi connectivity index (χ1) is 8.31. The number of amides is 2. The average Bonchev–Trinajstić information content (AvgIpc) is 2.38. The maximum atomic E-state index is 11.9. The smallest absolute Gasteiger partial charge is 0.321 e. The van der Waals surface area contributed by atoms with Gasteiger partial charge >= 0.3 is 6.03 Å². The molecule has 0 aromatic heterocycles. The van der Waals surface area contributed by atoms with Gasteiger partial charge in [0.1, 0.15) is 0 Å². The molecule has 1 aromatic carbocycles. The quantitative estimate of drug-likeness (QED) is 0.847. The summed E-state index contributed by atoms with van der Waals surface area (Å²) in [6, 6.07) is 9.96. The molecule has 0 bridgehead atoms. The van der Waals surface area contributed by atoms with E-state index in [1.807, 2.05) is 35.2 Å². The summed E-state index contributed by atoms with van der Waals surface area (Å²) in [5, 5.41) is 2.94. The Morgan fingerprint density at radius 1 is 1.29 bits per heavy atom. The third-order valence-corrected chi connectivity index (χ3v) is 2.91. The number of nitrogens with one attached hydrogen (secondary N) is 1. The largest absolute Gasteiger partial charge is 0.322 e. The van der Waals surface area contributed by atoms with Crippen molar-refractivity contribution in [2.75, 3.05) is 13.1 Å². The van der Waals surface area contributed by atoms with Crippen LogP contribution in [-0.4, -0.2) is 24.0 Å². The molecule has 1 aromatic rings. The molecule has 0 radical (unpaired) electrons. The summed E-state index contributed by atoms with van der Waals surface area (Å²) in [7, 11) is 0. The normalized spacial score (nSPS) is 15.5. The van der Waals surface area contributed by atoms with E-state index in [1.54, 1.807) is 0 Å². The molecule has 1 aliphatic heterocycles. The van der Waals surface area contributed by atoms with Crippen LogP contribution in [0.3, 0.4) is 0 Å². The summed E-state index contributed by atoms with van der Waals surface area (Å²) < 4.78 is 0. The van der Waals surface area contributed by atoms with E-state index in [2.05, 4.69) is 18.3 Å². The van der Waals surface area contributed by atoms with E-state index in [-0.39, 0.29) is 6.03 Å². The zero-order valence-electron chi connectivity index (χ0n) is 10.1. The van der Waals surface area contributed by atoms with Crippen molar-refractivity contribution >= 4 is 11.7 Å². The standard InChI is InChI=1S/C14H18N2O/c1-2-3-10-16-11-9-13(15-14(16)17)12-7-5-4-6-8-12/h4-9H,2-3,10-11H2,1H3,(H,15,17). The van der Waals surface area contributed by atoms with Crippen molar-refractivity contribution < 1.29 is 4.79 Å². The maximum absolute atomic E-state index is 11.9. The van der Waals surface area contributed by atoms with Gasteiger partial charge in [0.25, 0.3) is 0 Å². The molecule has 1 aliphatic rings. The lowest BCUT2D eigenvalue weighted by Crippen LogP contribution is -2.43. The van der Waals surface area contributed by atoms with E-state index in [1.165, 1.54) is 0 Å². The zero-order valence-corrected chi connectivity index (χ0v) is 10.1. The van der Waals surface area contributed by atoms with Gasteiger partial charge < -0.3 is 10.2 Å². The molecule has 2 amide bonds. The van der Waals surface area contributed by atoms with Gasteiger partial charge in [0.15, 0.2) is 0 Å². The van der Waals surface area contributed by atoms with Gasteiger partial charge in [-0.2, -0.15) is 0 Å². The summed E-state index contributed by atoms with van der Waals surface area (Å²) >= 11 is 0. The highest BCUT2D eigenvalue weighted by Crippen LogP contribution is 2.15. The molecule has 90 valence electrons. The second kappa shape index (κ2) is 5.53. The number of nitrogens with zero attached hydrogens (tertiary/aromatic N) is 1. The molecule has 1 heterocycles. The Balaban J connectivity index is 2.05. The Kier molecular flexibility index (Phi) is 3.81. The van der Waals surface area contributed by atoms with E-state index in [0.29, 0.717) is 6.54 Å². The molecule has 2 rings (SSSR count). The van der Waals surface area contributed by atoms with E-state index in [9.17, 15) is 4.79 Å². The SMILES string of the molecule is CCCCN1CC=C(c2ccccc2)NC1=O. The highest BCUT2D eigenvalue weighted by atomic mass is 16.2. The number of rotatable bonds is 4.